The molecule has 1 aromatic carbocycles. The third-order valence-electron chi connectivity index (χ3n) is 4.51. The predicted molar refractivity (Wildman–Crippen MR) is 96.5 cm³/mol. The molecule has 1 fully saturated rings. The van der Waals surface area contributed by atoms with Crippen LogP contribution < -0.4 is 4.74 Å². The third kappa shape index (κ3) is 3.84. The molecule has 8 nitrogen and oxygen atoms in total. The predicted octanol–water partition coefficient (Wildman–Crippen LogP) is 1.97. The average Bonchev–Trinajstić information content (AvgIpc) is 3.23. The van der Waals surface area contributed by atoms with Crippen molar-refractivity contribution < 1.29 is 14.1 Å². The molecule has 3 aromatic rings. The maximum Gasteiger partial charge on any atom is 0.274 e. The second kappa shape index (κ2) is 7.22. The lowest BCUT2D eigenvalue weighted by Gasteiger charge is -2.36. The SMILES string of the molecule is Cc1cccc(OCCc2noc(C3CN(C(=O)c4cn(C)cn4)C3)n2)c1. The zero-order chi connectivity index (χ0) is 18.8. The van der Waals surface area contributed by atoms with Crippen LogP contribution in [0.15, 0.2) is 41.3 Å². The molecule has 0 aliphatic carbocycles. The van der Waals surface area contributed by atoms with E-state index in [0.29, 0.717) is 43.5 Å². The summed E-state index contributed by atoms with van der Waals surface area (Å²) in [5.74, 6) is 2.04. The highest BCUT2D eigenvalue weighted by atomic mass is 16.5. The second-order valence-electron chi connectivity index (χ2n) is 6.80. The fraction of sp³-hybridized carbons (Fsp3) is 0.368. The van der Waals surface area contributed by atoms with Gasteiger partial charge in [-0.05, 0) is 24.6 Å². The largest absolute Gasteiger partial charge is 0.493 e. The van der Waals surface area contributed by atoms with Gasteiger partial charge in [0.2, 0.25) is 5.89 Å². The average molecular weight is 367 g/mol. The molecular formula is C19H21N5O3. The Bertz CT molecular complexity index is 942. The molecule has 3 heterocycles. The molecule has 8 heteroatoms. The van der Waals surface area contributed by atoms with Crippen molar-refractivity contribution in [3.63, 3.8) is 0 Å². The van der Waals surface area contributed by atoms with Gasteiger partial charge in [-0.3, -0.25) is 4.79 Å². The van der Waals surface area contributed by atoms with Crippen LogP contribution in [0.2, 0.25) is 0 Å². The van der Waals surface area contributed by atoms with Crippen LogP contribution in [-0.4, -0.2) is 50.2 Å². The molecule has 0 unspecified atom stereocenters. The van der Waals surface area contributed by atoms with E-state index in [4.69, 9.17) is 9.26 Å². The minimum Gasteiger partial charge on any atom is -0.493 e. The van der Waals surface area contributed by atoms with Crippen molar-refractivity contribution >= 4 is 5.91 Å². The van der Waals surface area contributed by atoms with Crippen molar-refractivity contribution in [3.8, 4) is 5.75 Å². The normalized spacial score (nSPS) is 14.2. The Labute approximate surface area is 156 Å². The molecule has 27 heavy (non-hydrogen) atoms. The van der Waals surface area contributed by atoms with Gasteiger partial charge in [-0.2, -0.15) is 4.98 Å². The summed E-state index contributed by atoms with van der Waals surface area (Å²) in [6, 6.07) is 7.91. The zero-order valence-electron chi connectivity index (χ0n) is 15.3. The number of hydrogen-bond donors (Lipinski definition) is 0. The first kappa shape index (κ1) is 17.3. The molecule has 1 aliphatic rings. The van der Waals surface area contributed by atoms with Gasteiger partial charge in [0, 0.05) is 32.8 Å². The van der Waals surface area contributed by atoms with Crippen molar-refractivity contribution in [2.24, 2.45) is 7.05 Å². The van der Waals surface area contributed by atoms with E-state index in [1.54, 1.807) is 22.0 Å². The van der Waals surface area contributed by atoms with E-state index in [2.05, 4.69) is 15.1 Å². The fourth-order valence-corrected chi connectivity index (χ4v) is 2.99. The number of carbonyl (C=O) groups is 1. The van der Waals surface area contributed by atoms with E-state index in [1.165, 1.54) is 0 Å². The van der Waals surface area contributed by atoms with Crippen LogP contribution in [0.4, 0.5) is 0 Å². The number of nitrogens with zero attached hydrogens (tertiary/aromatic N) is 5. The fourth-order valence-electron chi connectivity index (χ4n) is 2.99. The molecule has 0 N–H and O–H groups in total. The van der Waals surface area contributed by atoms with Crippen LogP contribution in [0.5, 0.6) is 5.75 Å². The summed E-state index contributed by atoms with van der Waals surface area (Å²) < 4.78 is 12.8. The quantitative estimate of drug-likeness (QED) is 0.662. The van der Waals surface area contributed by atoms with Crippen molar-refractivity contribution in [1.82, 2.24) is 24.6 Å². The summed E-state index contributed by atoms with van der Waals surface area (Å²) in [4.78, 5) is 22.6. The number of carbonyl (C=O) groups excluding carboxylic acids is 1. The minimum absolute atomic E-state index is 0.0712. The lowest BCUT2D eigenvalue weighted by Crippen LogP contribution is -2.48. The minimum atomic E-state index is -0.0712. The topological polar surface area (TPSA) is 86.3 Å². The van der Waals surface area contributed by atoms with Crippen molar-refractivity contribution in [2.75, 3.05) is 19.7 Å². The highest BCUT2D eigenvalue weighted by Crippen LogP contribution is 2.27. The molecule has 1 amide bonds. The number of likely N-dealkylation sites (tertiary alicyclic amines) is 1. The van der Waals surface area contributed by atoms with E-state index in [-0.39, 0.29) is 11.8 Å². The van der Waals surface area contributed by atoms with Crippen LogP contribution in [0.25, 0.3) is 0 Å². The van der Waals surface area contributed by atoms with E-state index in [9.17, 15) is 4.79 Å². The highest BCUT2D eigenvalue weighted by Gasteiger charge is 2.36. The third-order valence-corrected chi connectivity index (χ3v) is 4.51. The van der Waals surface area contributed by atoms with Gasteiger partial charge in [-0.25, -0.2) is 4.98 Å². The van der Waals surface area contributed by atoms with Gasteiger partial charge in [0.05, 0.1) is 18.9 Å². The molecule has 0 atom stereocenters. The number of benzene rings is 1. The lowest BCUT2D eigenvalue weighted by atomic mass is 10.00. The van der Waals surface area contributed by atoms with Crippen LogP contribution in [-0.2, 0) is 13.5 Å². The van der Waals surface area contributed by atoms with Gasteiger partial charge >= 0.3 is 0 Å². The zero-order valence-corrected chi connectivity index (χ0v) is 15.3. The summed E-state index contributed by atoms with van der Waals surface area (Å²) in [5, 5.41) is 4.01. The number of amides is 1. The monoisotopic (exact) mass is 367 g/mol. The van der Waals surface area contributed by atoms with Gasteiger partial charge in [0.1, 0.15) is 11.4 Å². The lowest BCUT2D eigenvalue weighted by molar-refractivity contribution is 0.0563. The number of aryl methyl sites for hydroxylation is 2. The standard InChI is InChI=1S/C19H21N5O3/c1-13-4-3-5-15(8-13)26-7-6-17-21-18(27-22-17)14-9-24(10-14)19(25)16-11-23(2)12-20-16/h3-5,8,11-12,14H,6-7,9-10H2,1-2H3. The van der Waals surface area contributed by atoms with Gasteiger partial charge in [0.15, 0.2) is 5.82 Å². The summed E-state index contributed by atoms with van der Waals surface area (Å²) in [5.41, 5.74) is 1.61. The van der Waals surface area contributed by atoms with Crippen LogP contribution >= 0.6 is 0 Å². The Morgan fingerprint density at radius 2 is 2.22 bits per heavy atom. The smallest absolute Gasteiger partial charge is 0.274 e. The van der Waals surface area contributed by atoms with Gasteiger partial charge in [0.25, 0.3) is 5.91 Å². The summed E-state index contributed by atoms with van der Waals surface area (Å²) in [6.07, 6.45) is 3.91. The van der Waals surface area contributed by atoms with Crippen molar-refractivity contribution in [2.45, 2.75) is 19.3 Å². The van der Waals surface area contributed by atoms with Crippen molar-refractivity contribution in [3.05, 3.63) is 59.8 Å². The molecule has 1 saturated heterocycles. The number of aromatic nitrogens is 4. The molecule has 0 saturated carbocycles. The van der Waals surface area contributed by atoms with E-state index >= 15 is 0 Å². The molecule has 1 aliphatic heterocycles. The van der Waals surface area contributed by atoms with E-state index in [1.807, 2.05) is 38.2 Å². The number of imidazole rings is 1. The molecule has 0 radical (unpaired) electrons. The molecule has 4 rings (SSSR count). The second-order valence-corrected chi connectivity index (χ2v) is 6.80. The summed E-state index contributed by atoms with van der Waals surface area (Å²) in [7, 11) is 1.84. The first-order chi connectivity index (χ1) is 13.1. The highest BCUT2D eigenvalue weighted by molar-refractivity contribution is 5.92. The Morgan fingerprint density at radius 3 is 2.96 bits per heavy atom. The first-order valence-corrected chi connectivity index (χ1v) is 8.87. The molecular weight excluding hydrogens is 346 g/mol. The van der Waals surface area contributed by atoms with Crippen molar-refractivity contribution in [1.29, 1.82) is 0 Å². The van der Waals surface area contributed by atoms with E-state index < -0.39 is 0 Å². The van der Waals surface area contributed by atoms with Crippen LogP contribution in [0.3, 0.4) is 0 Å². The van der Waals surface area contributed by atoms with Crippen LogP contribution in [0, 0.1) is 6.92 Å². The maximum atomic E-state index is 12.3. The molecule has 0 spiro atoms. The summed E-state index contributed by atoms with van der Waals surface area (Å²) >= 11 is 0. The number of hydrogen-bond acceptors (Lipinski definition) is 6. The van der Waals surface area contributed by atoms with E-state index in [0.717, 1.165) is 11.3 Å². The van der Waals surface area contributed by atoms with Gasteiger partial charge in [-0.1, -0.05) is 17.3 Å². The summed E-state index contributed by atoms with van der Waals surface area (Å²) in [6.45, 7) is 3.64. The van der Waals surface area contributed by atoms with Crippen LogP contribution in [0.1, 0.15) is 33.7 Å². The maximum absolute atomic E-state index is 12.3. The first-order valence-electron chi connectivity index (χ1n) is 8.87. The number of rotatable bonds is 6. The number of ether oxygens (including phenoxy) is 1. The van der Waals surface area contributed by atoms with Gasteiger partial charge in [-0.15, -0.1) is 0 Å². The molecule has 140 valence electrons. The molecule has 0 bridgehead atoms. The Morgan fingerprint density at radius 1 is 1.37 bits per heavy atom. The Hall–Kier alpha value is -3.16. The molecule has 2 aromatic heterocycles. The Balaban J connectivity index is 1.26. The Kier molecular flexibility index (Phi) is 4.62. The van der Waals surface area contributed by atoms with Gasteiger partial charge < -0.3 is 18.7 Å².